The average molecular weight is 622 g/mol. The molecule has 2 amide bonds. The Balaban J connectivity index is 1.21. The van der Waals surface area contributed by atoms with Crippen molar-refractivity contribution in [1.29, 1.82) is 0 Å². The molecule has 3 N–H and O–H groups in total. The number of likely N-dealkylation sites (tertiary alicyclic amines) is 1. The maximum Gasteiger partial charge on any atom is 0.335 e. The zero-order valence-electron chi connectivity index (χ0n) is 26.6. The lowest BCUT2D eigenvalue weighted by molar-refractivity contribution is -0.163. The predicted octanol–water partition coefficient (Wildman–Crippen LogP) is 5.12. The highest BCUT2D eigenvalue weighted by molar-refractivity contribution is 6.00. The molecule has 244 valence electrons. The van der Waals surface area contributed by atoms with Gasteiger partial charge in [0, 0.05) is 32.6 Å². The number of nitrogens with one attached hydrogen (secondary N) is 1. The summed E-state index contributed by atoms with van der Waals surface area (Å²) >= 11 is 0. The molecule has 10 heteroatoms. The van der Waals surface area contributed by atoms with Crippen LogP contribution < -0.4 is 14.8 Å². The average Bonchev–Trinajstić information content (AvgIpc) is 3.03. The Kier molecular flexibility index (Phi) is 10.3. The van der Waals surface area contributed by atoms with Crippen molar-refractivity contribution in [2.45, 2.75) is 101 Å². The smallest absolute Gasteiger partial charge is 0.335 e. The lowest BCUT2D eigenvalue weighted by Gasteiger charge is -2.52. The molecule has 1 aliphatic carbocycles. The van der Waals surface area contributed by atoms with Crippen molar-refractivity contribution in [2.75, 3.05) is 26.7 Å². The van der Waals surface area contributed by atoms with E-state index in [0.717, 1.165) is 44.1 Å². The zero-order chi connectivity index (χ0) is 32.0. The lowest BCUT2D eigenvalue weighted by Crippen LogP contribution is -2.73. The first-order chi connectivity index (χ1) is 21.7. The van der Waals surface area contributed by atoms with Crippen molar-refractivity contribution < 1.29 is 34.1 Å². The largest absolute Gasteiger partial charge is 0.493 e. The number of unbranched alkanes of at least 4 members (excludes halogenated alkanes) is 2. The van der Waals surface area contributed by atoms with Gasteiger partial charge in [-0.1, -0.05) is 51.2 Å². The minimum absolute atomic E-state index is 0.0389. The molecule has 1 atom stereocenters. The number of rotatable bonds is 12. The minimum Gasteiger partial charge on any atom is -0.493 e. The van der Waals surface area contributed by atoms with Gasteiger partial charge in [0.05, 0.1) is 18.3 Å². The summed E-state index contributed by atoms with van der Waals surface area (Å²) in [4.78, 5) is 43.2. The van der Waals surface area contributed by atoms with Crippen LogP contribution in [-0.4, -0.2) is 81.7 Å². The van der Waals surface area contributed by atoms with E-state index in [1.54, 1.807) is 6.07 Å². The number of amides is 2. The van der Waals surface area contributed by atoms with E-state index in [0.29, 0.717) is 75.5 Å². The monoisotopic (exact) mass is 621 g/mol. The standard InChI is InChI=1S/C35H47N3O7/c1-3-4-8-19-38-31(39)28(23-34(43)15-6-5-7-16-34)36-33(42)35(38)17-20-37(21-18-35)24-25-9-12-27(13-10-25)45-29-14-11-26(32(40)41)22-30(29)44-2/h9-14,22,28,43H,3-8,15-21,23-24H2,1-2H3,(H,36,42)(H,40,41)/t28-/m1/s1. The SMILES string of the molecule is CCCCCN1C(=O)[C@@H](CC2(O)CCCCC2)NC(=O)C12CCN(Cc1ccc(Oc3ccc(C(=O)O)cc3OC)cc1)CC2. The number of ether oxygens (including phenoxy) is 2. The molecular weight excluding hydrogens is 574 g/mol. The number of aliphatic hydroxyl groups is 1. The molecule has 10 nitrogen and oxygen atoms in total. The topological polar surface area (TPSA) is 129 Å². The summed E-state index contributed by atoms with van der Waals surface area (Å²) in [7, 11) is 1.47. The minimum atomic E-state index is -1.04. The summed E-state index contributed by atoms with van der Waals surface area (Å²) in [5.74, 6) is 0.220. The van der Waals surface area contributed by atoms with Crippen molar-refractivity contribution in [1.82, 2.24) is 15.1 Å². The quantitative estimate of drug-likeness (QED) is 0.279. The summed E-state index contributed by atoms with van der Waals surface area (Å²) in [6, 6.07) is 11.5. The fraction of sp³-hybridized carbons (Fsp3) is 0.571. The second-order valence-electron chi connectivity index (χ2n) is 12.9. The number of aromatic carboxylic acids is 1. The Morgan fingerprint density at radius 3 is 2.33 bits per heavy atom. The molecular formula is C35H47N3O7. The maximum atomic E-state index is 13.9. The van der Waals surface area contributed by atoms with Crippen LogP contribution in [0.4, 0.5) is 0 Å². The Morgan fingerprint density at radius 1 is 0.978 bits per heavy atom. The van der Waals surface area contributed by atoms with E-state index in [-0.39, 0.29) is 17.4 Å². The van der Waals surface area contributed by atoms with Crippen LogP contribution in [0.2, 0.25) is 0 Å². The molecule has 0 bridgehead atoms. The molecule has 2 saturated heterocycles. The van der Waals surface area contributed by atoms with Crippen molar-refractivity contribution in [2.24, 2.45) is 0 Å². The molecule has 1 saturated carbocycles. The van der Waals surface area contributed by atoms with Crippen LogP contribution >= 0.6 is 0 Å². The molecule has 2 aliphatic heterocycles. The number of methoxy groups -OCH3 is 1. The number of hydrogen-bond acceptors (Lipinski definition) is 7. The fourth-order valence-electron chi connectivity index (χ4n) is 7.16. The van der Waals surface area contributed by atoms with Crippen molar-refractivity contribution in [3.63, 3.8) is 0 Å². The van der Waals surface area contributed by atoms with Gasteiger partial charge in [-0.25, -0.2) is 4.79 Å². The maximum absolute atomic E-state index is 13.9. The normalized spacial score (nSPS) is 21.4. The Morgan fingerprint density at radius 2 is 1.69 bits per heavy atom. The van der Waals surface area contributed by atoms with Crippen molar-refractivity contribution >= 4 is 17.8 Å². The van der Waals surface area contributed by atoms with E-state index in [1.807, 2.05) is 29.2 Å². The third kappa shape index (κ3) is 7.44. The summed E-state index contributed by atoms with van der Waals surface area (Å²) in [5.41, 5.74) is -0.516. The van der Waals surface area contributed by atoms with Gasteiger partial charge in [0.2, 0.25) is 11.8 Å². The summed E-state index contributed by atoms with van der Waals surface area (Å²) in [6.45, 7) is 4.78. The number of piperazine rings is 1. The van der Waals surface area contributed by atoms with E-state index in [4.69, 9.17) is 9.47 Å². The third-order valence-electron chi connectivity index (χ3n) is 9.81. The van der Waals surface area contributed by atoms with Crippen LogP contribution in [0.3, 0.4) is 0 Å². The Hall–Kier alpha value is -3.63. The van der Waals surface area contributed by atoms with Gasteiger partial charge in [-0.3, -0.25) is 14.5 Å². The van der Waals surface area contributed by atoms with Crippen LogP contribution in [0.1, 0.15) is 93.5 Å². The molecule has 0 radical (unpaired) electrons. The Labute approximate surface area is 265 Å². The number of piperidine rings is 1. The van der Waals surface area contributed by atoms with Gasteiger partial charge in [-0.05, 0) is 68.0 Å². The van der Waals surface area contributed by atoms with Crippen LogP contribution in [0.25, 0.3) is 0 Å². The van der Waals surface area contributed by atoms with Crippen LogP contribution in [0, 0.1) is 0 Å². The second kappa shape index (κ2) is 14.2. The molecule has 5 rings (SSSR count). The zero-order valence-corrected chi connectivity index (χ0v) is 26.6. The molecule has 3 aliphatic rings. The van der Waals surface area contributed by atoms with Crippen LogP contribution in [0.15, 0.2) is 42.5 Å². The second-order valence-corrected chi connectivity index (χ2v) is 12.9. The van der Waals surface area contributed by atoms with Gasteiger partial charge < -0.3 is 29.9 Å². The highest BCUT2D eigenvalue weighted by atomic mass is 16.5. The van der Waals surface area contributed by atoms with E-state index >= 15 is 0 Å². The van der Waals surface area contributed by atoms with E-state index in [2.05, 4.69) is 17.1 Å². The molecule has 45 heavy (non-hydrogen) atoms. The van der Waals surface area contributed by atoms with E-state index < -0.39 is 23.2 Å². The number of carboxylic acids is 1. The highest BCUT2D eigenvalue weighted by Gasteiger charge is 2.54. The number of hydrogen-bond donors (Lipinski definition) is 3. The summed E-state index contributed by atoms with van der Waals surface area (Å²) in [5, 5.41) is 23.5. The molecule has 2 aromatic carbocycles. The molecule has 3 fully saturated rings. The van der Waals surface area contributed by atoms with Gasteiger partial charge >= 0.3 is 5.97 Å². The first kappa shape index (κ1) is 32.8. The molecule has 2 aromatic rings. The van der Waals surface area contributed by atoms with Gasteiger partial charge in [0.1, 0.15) is 17.3 Å². The number of carbonyl (C=O) groups is 3. The van der Waals surface area contributed by atoms with Gasteiger partial charge in [0.25, 0.3) is 0 Å². The van der Waals surface area contributed by atoms with Crippen LogP contribution in [0.5, 0.6) is 17.2 Å². The summed E-state index contributed by atoms with van der Waals surface area (Å²) < 4.78 is 11.3. The molecule has 0 unspecified atom stereocenters. The molecule has 2 heterocycles. The number of carbonyl (C=O) groups excluding carboxylic acids is 2. The van der Waals surface area contributed by atoms with Crippen molar-refractivity contribution in [3.8, 4) is 17.2 Å². The highest BCUT2D eigenvalue weighted by Crippen LogP contribution is 2.38. The molecule has 1 spiro atoms. The first-order valence-corrected chi connectivity index (χ1v) is 16.4. The van der Waals surface area contributed by atoms with E-state index in [1.165, 1.54) is 19.2 Å². The van der Waals surface area contributed by atoms with Gasteiger partial charge in [-0.2, -0.15) is 0 Å². The number of nitrogens with zero attached hydrogens (tertiary/aromatic N) is 2. The van der Waals surface area contributed by atoms with Gasteiger partial charge in [0.15, 0.2) is 11.5 Å². The van der Waals surface area contributed by atoms with Crippen LogP contribution in [-0.2, 0) is 16.1 Å². The number of carboxylic acid groups (broad SMARTS) is 1. The van der Waals surface area contributed by atoms with Gasteiger partial charge in [-0.15, -0.1) is 0 Å². The fourth-order valence-corrected chi connectivity index (χ4v) is 7.16. The summed E-state index contributed by atoms with van der Waals surface area (Å²) in [6.07, 6.45) is 8.72. The van der Waals surface area contributed by atoms with Crippen molar-refractivity contribution in [3.05, 3.63) is 53.6 Å². The van der Waals surface area contributed by atoms with E-state index in [9.17, 15) is 24.6 Å². The number of benzene rings is 2. The lowest BCUT2D eigenvalue weighted by atomic mass is 9.77. The Bertz CT molecular complexity index is 1350. The predicted molar refractivity (Wildman–Crippen MR) is 170 cm³/mol. The third-order valence-corrected chi connectivity index (χ3v) is 9.81. The molecule has 0 aromatic heterocycles. The first-order valence-electron chi connectivity index (χ1n) is 16.4.